The average Bonchev–Trinajstić information content (AvgIpc) is 2.44. The van der Waals surface area contributed by atoms with Gasteiger partial charge in [-0.1, -0.05) is 31.2 Å². The van der Waals surface area contributed by atoms with E-state index in [-0.39, 0.29) is 11.9 Å². The molecule has 0 spiro atoms. The molecular weight excluding hydrogens is 254 g/mol. The number of nitrogens with zero attached hydrogens (tertiary/aromatic N) is 1. The van der Waals surface area contributed by atoms with Gasteiger partial charge in [0.05, 0.1) is 0 Å². The van der Waals surface area contributed by atoms with Crippen LogP contribution in [0.15, 0.2) is 24.3 Å². The van der Waals surface area contributed by atoms with Crippen molar-refractivity contribution in [1.29, 1.82) is 0 Å². The van der Waals surface area contributed by atoms with E-state index in [1.807, 2.05) is 24.3 Å². The van der Waals surface area contributed by atoms with E-state index in [1.54, 1.807) is 21.0 Å². The van der Waals surface area contributed by atoms with E-state index >= 15 is 0 Å². The maximum atomic E-state index is 11.8. The van der Waals surface area contributed by atoms with Crippen molar-refractivity contribution in [1.82, 2.24) is 15.5 Å². The van der Waals surface area contributed by atoms with Gasteiger partial charge in [-0.25, -0.2) is 4.79 Å². The molecule has 3 amide bonds. The van der Waals surface area contributed by atoms with E-state index in [1.165, 1.54) is 10.5 Å². The summed E-state index contributed by atoms with van der Waals surface area (Å²) in [6.07, 6.45) is 0.926. The lowest BCUT2D eigenvalue weighted by atomic mass is 10.1. The highest BCUT2D eigenvalue weighted by Crippen LogP contribution is 2.08. The van der Waals surface area contributed by atoms with E-state index in [4.69, 9.17) is 0 Å². The second-order valence-corrected chi connectivity index (χ2v) is 4.90. The molecule has 0 aliphatic heterocycles. The molecule has 5 nitrogen and oxygen atoms in total. The van der Waals surface area contributed by atoms with Gasteiger partial charge in [-0.15, -0.1) is 0 Å². The van der Waals surface area contributed by atoms with Crippen molar-refractivity contribution in [3.63, 3.8) is 0 Å². The molecule has 0 bridgehead atoms. The Labute approximate surface area is 120 Å². The van der Waals surface area contributed by atoms with E-state index in [0.29, 0.717) is 6.54 Å². The summed E-state index contributed by atoms with van der Waals surface area (Å²) in [6, 6.07) is 7.11. The molecule has 0 aromatic heterocycles. The molecule has 0 radical (unpaired) electrons. The predicted molar refractivity (Wildman–Crippen MR) is 79.3 cm³/mol. The molecule has 0 aliphatic rings. The number of hydrogen-bond donors (Lipinski definition) is 2. The van der Waals surface area contributed by atoms with Crippen molar-refractivity contribution >= 4 is 11.9 Å². The van der Waals surface area contributed by atoms with E-state index in [0.717, 1.165) is 12.0 Å². The fourth-order valence-electron chi connectivity index (χ4n) is 1.95. The highest BCUT2D eigenvalue weighted by Gasteiger charge is 2.16. The van der Waals surface area contributed by atoms with Gasteiger partial charge in [0, 0.05) is 20.6 Å². The third-order valence-electron chi connectivity index (χ3n) is 3.10. The number of carbonyl (C=O) groups is 2. The zero-order chi connectivity index (χ0) is 15.1. The van der Waals surface area contributed by atoms with Gasteiger partial charge >= 0.3 is 6.03 Å². The topological polar surface area (TPSA) is 61.4 Å². The zero-order valence-corrected chi connectivity index (χ0v) is 12.6. The van der Waals surface area contributed by atoms with Crippen LogP contribution in [0.4, 0.5) is 4.79 Å². The first-order chi connectivity index (χ1) is 9.45. The Kier molecular flexibility index (Phi) is 6.03. The SMILES string of the molecule is CCc1ccccc1CNC(=O)NC(C)C(=O)N(C)C. The molecule has 1 aromatic rings. The number of aryl methyl sites for hydroxylation is 1. The zero-order valence-electron chi connectivity index (χ0n) is 12.6. The number of rotatable bonds is 5. The van der Waals surface area contributed by atoms with Gasteiger partial charge in [0.1, 0.15) is 6.04 Å². The molecule has 110 valence electrons. The Morgan fingerprint density at radius 1 is 1.20 bits per heavy atom. The summed E-state index contributed by atoms with van der Waals surface area (Å²) in [7, 11) is 3.33. The second-order valence-electron chi connectivity index (χ2n) is 4.90. The monoisotopic (exact) mass is 277 g/mol. The van der Waals surface area contributed by atoms with Crippen LogP contribution in [0, 0.1) is 0 Å². The fraction of sp³-hybridized carbons (Fsp3) is 0.467. The number of urea groups is 1. The van der Waals surface area contributed by atoms with Crippen molar-refractivity contribution in [3.05, 3.63) is 35.4 Å². The third-order valence-corrected chi connectivity index (χ3v) is 3.10. The lowest BCUT2D eigenvalue weighted by Gasteiger charge is -2.18. The highest BCUT2D eigenvalue weighted by molar-refractivity contribution is 5.86. The van der Waals surface area contributed by atoms with E-state index in [9.17, 15) is 9.59 Å². The summed E-state index contributed by atoms with van der Waals surface area (Å²) in [6.45, 7) is 4.21. The smallest absolute Gasteiger partial charge is 0.315 e. The maximum Gasteiger partial charge on any atom is 0.315 e. The van der Waals surface area contributed by atoms with Crippen molar-refractivity contribution in [2.24, 2.45) is 0 Å². The Hall–Kier alpha value is -2.04. The van der Waals surface area contributed by atoms with Crippen LogP contribution < -0.4 is 10.6 Å². The largest absolute Gasteiger partial charge is 0.347 e. The van der Waals surface area contributed by atoms with Gasteiger partial charge in [0.15, 0.2) is 0 Å². The number of hydrogen-bond acceptors (Lipinski definition) is 2. The molecule has 1 aromatic carbocycles. The van der Waals surface area contributed by atoms with Crippen LogP contribution >= 0.6 is 0 Å². The number of carbonyl (C=O) groups excluding carboxylic acids is 2. The Balaban J connectivity index is 2.49. The summed E-state index contributed by atoms with van der Waals surface area (Å²) in [4.78, 5) is 24.9. The minimum absolute atomic E-state index is 0.130. The highest BCUT2D eigenvalue weighted by atomic mass is 16.2. The van der Waals surface area contributed by atoms with Gasteiger partial charge in [-0.3, -0.25) is 4.79 Å². The van der Waals surface area contributed by atoms with Crippen LogP contribution in [-0.4, -0.2) is 37.0 Å². The van der Waals surface area contributed by atoms with Crippen LogP contribution in [0.5, 0.6) is 0 Å². The normalized spacial score (nSPS) is 11.6. The van der Waals surface area contributed by atoms with Gasteiger partial charge in [0.25, 0.3) is 0 Å². The van der Waals surface area contributed by atoms with Crippen LogP contribution in [0.2, 0.25) is 0 Å². The summed E-state index contributed by atoms with van der Waals surface area (Å²) >= 11 is 0. The molecule has 20 heavy (non-hydrogen) atoms. The molecule has 0 aliphatic carbocycles. The number of benzene rings is 1. The first-order valence-corrected chi connectivity index (χ1v) is 6.78. The number of likely N-dealkylation sites (N-methyl/N-ethyl adjacent to an activating group) is 1. The first kappa shape index (κ1) is 16.0. The minimum Gasteiger partial charge on any atom is -0.347 e. The van der Waals surface area contributed by atoms with Crippen molar-refractivity contribution in [2.45, 2.75) is 32.9 Å². The Bertz CT molecular complexity index is 472. The maximum absolute atomic E-state index is 11.8. The van der Waals surface area contributed by atoms with Gasteiger partial charge < -0.3 is 15.5 Å². The molecule has 2 N–H and O–H groups in total. The summed E-state index contributed by atoms with van der Waals surface area (Å²) < 4.78 is 0. The van der Waals surface area contributed by atoms with Gasteiger partial charge in [-0.05, 0) is 24.5 Å². The van der Waals surface area contributed by atoms with Gasteiger partial charge in [-0.2, -0.15) is 0 Å². The molecule has 1 unspecified atom stereocenters. The van der Waals surface area contributed by atoms with Crippen molar-refractivity contribution in [3.8, 4) is 0 Å². The standard InChI is InChI=1S/C15H23N3O2/c1-5-12-8-6-7-9-13(12)10-16-15(20)17-11(2)14(19)18(3)4/h6-9,11H,5,10H2,1-4H3,(H2,16,17,20). The molecule has 1 atom stereocenters. The average molecular weight is 277 g/mol. The summed E-state index contributed by atoms with van der Waals surface area (Å²) in [5.41, 5.74) is 2.31. The van der Waals surface area contributed by atoms with Crippen LogP contribution in [0.3, 0.4) is 0 Å². The predicted octanol–water partition coefficient (Wildman–Crippen LogP) is 1.52. The van der Waals surface area contributed by atoms with Gasteiger partial charge in [0.2, 0.25) is 5.91 Å². The fourth-order valence-corrected chi connectivity index (χ4v) is 1.95. The second kappa shape index (κ2) is 7.53. The molecular formula is C15H23N3O2. The van der Waals surface area contributed by atoms with Crippen LogP contribution in [0.1, 0.15) is 25.0 Å². The molecule has 0 heterocycles. The number of nitrogens with one attached hydrogen (secondary N) is 2. The minimum atomic E-state index is -0.536. The Morgan fingerprint density at radius 2 is 1.80 bits per heavy atom. The van der Waals surface area contributed by atoms with Crippen molar-refractivity contribution in [2.75, 3.05) is 14.1 Å². The van der Waals surface area contributed by atoms with E-state index in [2.05, 4.69) is 17.6 Å². The Morgan fingerprint density at radius 3 is 2.35 bits per heavy atom. The quantitative estimate of drug-likeness (QED) is 0.857. The van der Waals surface area contributed by atoms with Crippen molar-refractivity contribution < 1.29 is 9.59 Å². The number of amides is 3. The molecule has 0 fully saturated rings. The molecule has 5 heteroatoms. The van der Waals surface area contributed by atoms with Crippen LogP contribution in [0.25, 0.3) is 0 Å². The first-order valence-electron chi connectivity index (χ1n) is 6.78. The summed E-state index contributed by atoms with van der Waals surface area (Å²) in [5, 5.41) is 5.41. The van der Waals surface area contributed by atoms with Crippen LogP contribution in [-0.2, 0) is 17.8 Å². The third kappa shape index (κ3) is 4.57. The molecule has 0 saturated heterocycles. The lowest BCUT2D eigenvalue weighted by Crippen LogP contribution is -2.47. The summed E-state index contributed by atoms with van der Waals surface area (Å²) in [5.74, 6) is -0.130. The molecule has 1 rings (SSSR count). The lowest BCUT2D eigenvalue weighted by molar-refractivity contribution is -0.130. The molecule has 0 saturated carbocycles. The van der Waals surface area contributed by atoms with E-state index < -0.39 is 6.04 Å².